The molecule has 0 bridgehead atoms. The smallest absolute Gasteiger partial charge is 0.374 e. The van der Waals surface area contributed by atoms with Gasteiger partial charge in [0.1, 0.15) is 0 Å². The van der Waals surface area contributed by atoms with Crippen LogP contribution in [0.1, 0.15) is 32.8 Å². The third-order valence-corrected chi connectivity index (χ3v) is 8.01. The highest BCUT2D eigenvalue weighted by molar-refractivity contribution is 6.60. The van der Waals surface area contributed by atoms with E-state index < -0.39 is 8.80 Å². The Kier molecular flexibility index (Phi) is 7.02. The standard InChI is InChI=1S/C23H30O3Si/c1-4-24-27(25-5-2,26-6-3)16-10-15-19-13-9-14-22-17-20-11-7-8-12-21(20)18-23(19)22/h7-9,11-14,17-18H,4-6,10,15-16H2,1-3H3. The Hall–Kier alpha value is -1.72. The molecule has 0 saturated carbocycles. The normalized spacial score (nSPS) is 12.1. The molecule has 0 fully saturated rings. The molecule has 3 aromatic carbocycles. The van der Waals surface area contributed by atoms with Gasteiger partial charge in [-0.25, -0.2) is 0 Å². The van der Waals surface area contributed by atoms with E-state index in [1.807, 2.05) is 20.8 Å². The largest absolute Gasteiger partial charge is 0.500 e. The minimum Gasteiger partial charge on any atom is -0.374 e. The van der Waals surface area contributed by atoms with E-state index in [0.717, 1.165) is 18.9 Å². The molecule has 0 radical (unpaired) electrons. The summed E-state index contributed by atoms with van der Waals surface area (Å²) >= 11 is 0. The molecule has 0 amide bonds. The number of hydrogen-bond acceptors (Lipinski definition) is 3. The van der Waals surface area contributed by atoms with E-state index >= 15 is 0 Å². The fourth-order valence-electron chi connectivity index (χ4n) is 3.75. The molecule has 3 rings (SSSR count). The number of rotatable bonds is 10. The van der Waals surface area contributed by atoms with Crippen LogP contribution in [-0.4, -0.2) is 28.6 Å². The van der Waals surface area contributed by atoms with E-state index in [1.165, 1.54) is 27.1 Å². The summed E-state index contributed by atoms with van der Waals surface area (Å²) in [5, 5.41) is 5.22. The number of benzene rings is 3. The lowest BCUT2D eigenvalue weighted by Gasteiger charge is -2.28. The number of aryl methyl sites for hydroxylation is 1. The monoisotopic (exact) mass is 382 g/mol. The second-order valence-electron chi connectivity index (χ2n) is 6.67. The van der Waals surface area contributed by atoms with Crippen LogP contribution in [0, 0.1) is 0 Å². The molecule has 0 atom stereocenters. The molecular weight excluding hydrogens is 352 g/mol. The molecule has 0 aliphatic heterocycles. The van der Waals surface area contributed by atoms with Crippen LogP contribution in [0.15, 0.2) is 54.6 Å². The zero-order valence-electron chi connectivity index (χ0n) is 16.7. The summed E-state index contributed by atoms with van der Waals surface area (Å²) in [6.45, 7) is 7.92. The van der Waals surface area contributed by atoms with Crippen molar-refractivity contribution in [3.8, 4) is 0 Å². The minimum atomic E-state index is -2.56. The van der Waals surface area contributed by atoms with Crippen molar-refractivity contribution in [1.29, 1.82) is 0 Å². The summed E-state index contributed by atoms with van der Waals surface area (Å²) in [6.07, 6.45) is 2.00. The maximum atomic E-state index is 5.99. The van der Waals surface area contributed by atoms with E-state index in [-0.39, 0.29) is 0 Å². The Morgan fingerprint density at radius 2 is 1.30 bits per heavy atom. The van der Waals surface area contributed by atoms with Crippen molar-refractivity contribution in [2.24, 2.45) is 0 Å². The molecule has 27 heavy (non-hydrogen) atoms. The van der Waals surface area contributed by atoms with Gasteiger partial charge in [-0.2, -0.15) is 0 Å². The Morgan fingerprint density at radius 1 is 0.704 bits per heavy atom. The average molecular weight is 383 g/mol. The Labute approximate surface area is 163 Å². The van der Waals surface area contributed by atoms with Crippen molar-refractivity contribution in [3.05, 3.63) is 60.2 Å². The van der Waals surface area contributed by atoms with Gasteiger partial charge in [0.05, 0.1) is 0 Å². The van der Waals surface area contributed by atoms with Crippen LogP contribution >= 0.6 is 0 Å². The van der Waals surface area contributed by atoms with Crippen LogP contribution in [0.5, 0.6) is 0 Å². The molecule has 0 heterocycles. The van der Waals surface area contributed by atoms with Gasteiger partial charge in [-0.05, 0) is 72.9 Å². The van der Waals surface area contributed by atoms with Gasteiger partial charge in [0.15, 0.2) is 0 Å². The lowest BCUT2D eigenvalue weighted by atomic mass is 9.97. The first-order valence-electron chi connectivity index (χ1n) is 10.0. The van der Waals surface area contributed by atoms with Crippen LogP contribution in [0.25, 0.3) is 21.5 Å². The maximum Gasteiger partial charge on any atom is 0.500 e. The first-order chi connectivity index (χ1) is 13.2. The van der Waals surface area contributed by atoms with Crippen molar-refractivity contribution >= 4 is 30.3 Å². The van der Waals surface area contributed by atoms with Crippen molar-refractivity contribution in [2.45, 2.75) is 39.7 Å². The van der Waals surface area contributed by atoms with Crippen LogP contribution in [0.4, 0.5) is 0 Å². The molecule has 0 N–H and O–H groups in total. The topological polar surface area (TPSA) is 27.7 Å². The second kappa shape index (κ2) is 9.47. The molecule has 4 heteroatoms. The van der Waals surface area contributed by atoms with Gasteiger partial charge in [0, 0.05) is 25.9 Å². The van der Waals surface area contributed by atoms with E-state index in [0.29, 0.717) is 19.8 Å². The highest BCUT2D eigenvalue weighted by atomic mass is 28.4. The summed E-state index contributed by atoms with van der Waals surface area (Å²) in [7, 11) is -2.56. The maximum absolute atomic E-state index is 5.99. The van der Waals surface area contributed by atoms with Gasteiger partial charge >= 0.3 is 8.80 Å². The molecule has 0 unspecified atom stereocenters. The van der Waals surface area contributed by atoms with E-state index in [2.05, 4.69) is 54.6 Å². The fourth-order valence-corrected chi connectivity index (χ4v) is 6.36. The zero-order chi connectivity index (χ0) is 19.1. The molecule has 0 spiro atoms. The first-order valence-corrected chi connectivity index (χ1v) is 12.0. The molecule has 0 saturated heterocycles. The lowest BCUT2D eigenvalue weighted by molar-refractivity contribution is 0.0708. The van der Waals surface area contributed by atoms with Crippen LogP contribution in [0.2, 0.25) is 6.04 Å². The lowest BCUT2D eigenvalue weighted by Crippen LogP contribution is -2.46. The first kappa shape index (κ1) is 20.0. The van der Waals surface area contributed by atoms with Crippen LogP contribution < -0.4 is 0 Å². The Bertz CT molecular complexity index is 861. The highest BCUT2D eigenvalue weighted by Crippen LogP contribution is 2.27. The van der Waals surface area contributed by atoms with E-state index in [1.54, 1.807) is 0 Å². The zero-order valence-corrected chi connectivity index (χ0v) is 17.7. The molecule has 144 valence electrons. The van der Waals surface area contributed by atoms with Gasteiger partial charge in [-0.15, -0.1) is 0 Å². The third-order valence-electron chi connectivity index (χ3n) is 4.86. The minimum absolute atomic E-state index is 0.631. The predicted octanol–water partition coefficient (Wildman–Crippen LogP) is 5.97. The molecule has 0 aliphatic carbocycles. The molecule has 0 aliphatic rings. The van der Waals surface area contributed by atoms with Crippen molar-refractivity contribution < 1.29 is 13.3 Å². The van der Waals surface area contributed by atoms with E-state index in [4.69, 9.17) is 13.3 Å². The van der Waals surface area contributed by atoms with Crippen LogP contribution in [-0.2, 0) is 19.7 Å². The quantitative estimate of drug-likeness (QED) is 0.319. The van der Waals surface area contributed by atoms with Crippen molar-refractivity contribution in [3.63, 3.8) is 0 Å². The molecule has 0 aromatic heterocycles. The summed E-state index contributed by atoms with van der Waals surface area (Å²) < 4.78 is 18.0. The van der Waals surface area contributed by atoms with Gasteiger partial charge in [0.25, 0.3) is 0 Å². The molecular formula is C23H30O3Si. The van der Waals surface area contributed by atoms with Gasteiger partial charge in [-0.3, -0.25) is 0 Å². The van der Waals surface area contributed by atoms with Crippen molar-refractivity contribution in [2.75, 3.05) is 19.8 Å². The van der Waals surface area contributed by atoms with Gasteiger partial charge in [-0.1, -0.05) is 42.5 Å². The fraction of sp³-hybridized carbons (Fsp3) is 0.391. The second-order valence-corrected chi connectivity index (χ2v) is 9.41. The number of hydrogen-bond donors (Lipinski definition) is 0. The molecule has 3 aromatic rings. The van der Waals surface area contributed by atoms with Gasteiger partial charge in [0.2, 0.25) is 0 Å². The molecule has 3 nitrogen and oxygen atoms in total. The Morgan fingerprint density at radius 3 is 1.93 bits per heavy atom. The Balaban J connectivity index is 1.80. The highest BCUT2D eigenvalue weighted by Gasteiger charge is 2.39. The van der Waals surface area contributed by atoms with E-state index in [9.17, 15) is 0 Å². The third kappa shape index (κ3) is 4.77. The van der Waals surface area contributed by atoms with Gasteiger partial charge < -0.3 is 13.3 Å². The summed E-state index contributed by atoms with van der Waals surface area (Å²) in [6, 6.07) is 20.6. The summed E-state index contributed by atoms with van der Waals surface area (Å²) in [5.41, 5.74) is 1.38. The van der Waals surface area contributed by atoms with Crippen LogP contribution in [0.3, 0.4) is 0 Å². The average Bonchev–Trinajstić information content (AvgIpc) is 2.67. The summed E-state index contributed by atoms with van der Waals surface area (Å²) in [4.78, 5) is 0. The SMILES string of the molecule is CCO[Si](CCCc1cccc2cc3ccccc3cc12)(OCC)OCC. The summed E-state index contributed by atoms with van der Waals surface area (Å²) in [5.74, 6) is 0. The predicted molar refractivity (Wildman–Crippen MR) is 115 cm³/mol. The number of fused-ring (bicyclic) bond motifs is 2. The van der Waals surface area contributed by atoms with Crippen molar-refractivity contribution in [1.82, 2.24) is 0 Å².